The molecule has 1 aliphatic carbocycles. The van der Waals surface area contributed by atoms with Crippen molar-refractivity contribution in [1.29, 1.82) is 0 Å². The first-order chi connectivity index (χ1) is 12.6. The fourth-order valence-electron chi connectivity index (χ4n) is 4.14. The first-order valence-corrected chi connectivity index (χ1v) is 10.2. The summed E-state index contributed by atoms with van der Waals surface area (Å²) in [5.41, 5.74) is 1.50. The van der Waals surface area contributed by atoms with Crippen LogP contribution in [-0.4, -0.2) is 47.6 Å². The molecule has 1 saturated carbocycles. The first kappa shape index (κ1) is 24.2. The van der Waals surface area contributed by atoms with Gasteiger partial charge in [0.05, 0.1) is 12.3 Å². The van der Waals surface area contributed by atoms with Crippen LogP contribution in [0.1, 0.15) is 58.9 Å². The maximum Gasteiger partial charge on any atom is 0.191 e. The lowest BCUT2D eigenvalue weighted by Crippen LogP contribution is -2.65. The Hall–Kier alpha value is -0.830. The molecule has 0 aliphatic heterocycles. The molecule has 0 aromatic carbocycles. The summed E-state index contributed by atoms with van der Waals surface area (Å²) in [6.45, 7) is 11.2. The monoisotopic (exact) mass is 491 g/mol. The van der Waals surface area contributed by atoms with Crippen LogP contribution in [0.15, 0.2) is 17.4 Å². The van der Waals surface area contributed by atoms with Gasteiger partial charge >= 0.3 is 0 Å². The SMILES string of the molecule is CCNC(=NCCCc1cnn(C)c1)NC1CC(OCC)C1(CC)CC.I. The van der Waals surface area contributed by atoms with Gasteiger partial charge in [-0.2, -0.15) is 5.10 Å². The van der Waals surface area contributed by atoms with Crippen LogP contribution in [-0.2, 0) is 18.2 Å². The van der Waals surface area contributed by atoms with Crippen LogP contribution >= 0.6 is 24.0 Å². The Balaban J connectivity index is 0.00000364. The summed E-state index contributed by atoms with van der Waals surface area (Å²) in [7, 11) is 1.96. The van der Waals surface area contributed by atoms with Crippen LogP contribution in [0.5, 0.6) is 0 Å². The number of aryl methyl sites for hydroxylation is 2. The van der Waals surface area contributed by atoms with E-state index in [2.05, 4.69) is 49.6 Å². The number of guanidine groups is 1. The Bertz CT molecular complexity index is 570. The van der Waals surface area contributed by atoms with E-state index in [4.69, 9.17) is 9.73 Å². The van der Waals surface area contributed by atoms with Crippen molar-refractivity contribution in [1.82, 2.24) is 20.4 Å². The fourth-order valence-corrected chi connectivity index (χ4v) is 4.14. The largest absolute Gasteiger partial charge is 0.378 e. The zero-order valence-electron chi connectivity index (χ0n) is 17.6. The second kappa shape index (κ2) is 11.9. The van der Waals surface area contributed by atoms with E-state index in [1.54, 1.807) is 0 Å². The summed E-state index contributed by atoms with van der Waals surface area (Å²) in [6.07, 6.45) is 9.75. The van der Waals surface area contributed by atoms with Gasteiger partial charge in [0, 0.05) is 44.4 Å². The number of hydrogen-bond donors (Lipinski definition) is 2. The van der Waals surface area contributed by atoms with Gasteiger partial charge in [-0.25, -0.2) is 0 Å². The average molecular weight is 491 g/mol. The topological polar surface area (TPSA) is 63.5 Å². The molecular formula is C20H38IN5O. The Morgan fingerprint density at radius 3 is 2.63 bits per heavy atom. The molecule has 6 nitrogen and oxygen atoms in total. The molecule has 2 atom stereocenters. The molecule has 1 aromatic rings. The zero-order chi connectivity index (χ0) is 19.0. The summed E-state index contributed by atoms with van der Waals surface area (Å²) in [6, 6.07) is 0.435. The van der Waals surface area contributed by atoms with Crippen LogP contribution in [0.2, 0.25) is 0 Å². The maximum absolute atomic E-state index is 5.99. The Morgan fingerprint density at radius 1 is 1.33 bits per heavy atom. The van der Waals surface area contributed by atoms with Crippen molar-refractivity contribution < 1.29 is 4.74 Å². The molecule has 1 fully saturated rings. The second-order valence-electron chi connectivity index (χ2n) is 7.20. The lowest BCUT2D eigenvalue weighted by atomic mass is 9.58. The number of hydrogen-bond acceptors (Lipinski definition) is 3. The predicted molar refractivity (Wildman–Crippen MR) is 123 cm³/mol. The molecule has 0 bridgehead atoms. The lowest BCUT2D eigenvalue weighted by molar-refractivity contribution is -0.133. The van der Waals surface area contributed by atoms with Crippen molar-refractivity contribution in [3.8, 4) is 0 Å². The van der Waals surface area contributed by atoms with E-state index in [1.807, 2.05) is 17.9 Å². The smallest absolute Gasteiger partial charge is 0.191 e. The zero-order valence-corrected chi connectivity index (χ0v) is 20.0. The molecule has 1 heterocycles. The molecule has 0 radical (unpaired) electrons. The number of aromatic nitrogens is 2. The Morgan fingerprint density at radius 2 is 2.07 bits per heavy atom. The molecule has 0 saturated heterocycles. The van der Waals surface area contributed by atoms with E-state index < -0.39 is 0 Å². The van der Waals surface area contributed by atoms with Gasteiger partial charge in [0.15, 0.2) is 5.96 Å². The van der Waals surface area contributed by atoms with Gasteiger partial charge in [0.2, 0.25) is 0 Å². The molecule has 2 N–H and O–H groups in total. The standard InChI is InChI=1S/C20H37N5O.HI/c1-6-20(7-2)17(13-18(20)26-9-4)24-19(21-8-3)22-12-10-11-16-14-23-25(5)15-16;/h14-15,17-18H,6-13H2,1-5H3,(H2,21,22,24);1H. The van der Waals surface area contributed by atoms with E-state index in [9.17, 15) is 0 Å². The molecule has 1 aliphatic rings. The molecule has 1 aromatic heterocycles. The van der Waals surface area contributed by atoms with Gasteiger partial charge in [0.25, 0.3) is 0 Å². The number of nitrogens with one attached hydrogen (secondary N) is 2. The first-order valence-electron chi connectivity index (χ1n) is 10.2. The molecule has 27 heavy (non-hydrogen) atoms. The minimum atomic E-state index is 0. The minimum Gasteiger partial charge on any atom is -0.378 e. The molecule has 7 heteroatoms. The van der Waals surface area contributed by atoms with Crippen molar-refractivity contribution in [3.63, 3.8) is 0 Å². The molecular weight excluding hydrogens is 453 g/mol. The van der Waals surface area contributed by atoms with Crippen LogP contribution in [0.25, 0.3) is 0 Å². The summed E-state index contributed by atoms with van der Waals surface area (Å²) in [5.74, 6) is 0.935. The van der Waals surface area contributed by atoms with Crippen molar-refractivity contribution in [2.24, 2.45) is 17.5 Å². The van der Waals surface area contributed by atoms with Gasteiger partial charge in [-0.1, -0.05) is 13.8 Å². The van der Waals surface area contributed by atoms with Crippen LogP contribution in [0, 0.1) is 5.41 Å². The van der Waals surface area contributed by atoms with Gasteiger partial charge in [-0.05, 0) is 51.5 Å². The van der Waals surface area contributed by atoms with Crippen molar-refractivity contribution in [2.45, 2.75) is 71.9 Å². The average Bonchev–Trinajstić information content (AvgIpc) is 3.04. The number of nitrogens with zero attached hydrogens (tertiary/aromatic N) is 3. The third-order valence-corrected chi connectivity index (χ3v) is 5.78. The summed E-state index contributed by atoms with van der Waals surface area (Å²) < 4.78 is 7.84. The van der Waals surface area contributed by atoms with E-state index in [-0.39, 0.29) is 29.4 Å². The molecule has 156 valence electrons. The van der Waals surface area contributed by atoms with E-state index in [0.717, 1.165) is 57.8 Å². The van der Waals surface area contributed by atoms with Crippen molar-refractivity contribution in [3.05, 3.63) is 18.0 Å². The maximum atomic E-state index is 5.99. The van der Waals surface area contributed by atoms with Crippen LogP contribution in [0.3, 0.4) is 0 Å². The van der Waals surface area contributed by atoms with Gasteiger partial charge in [0.1, 0.15) is 0 Å². The van der Waals surface area contributed by atoms with E-state index >= 15 is 0 Å². The predicted octanol–water partition coefficient (Wildman–Crippen LogP) is 3.51. The highest BCUT2D eigenvalue weighted by atomic mass is 127. The molecule has 2 rings (SSSR count). The Kier molecular flexibility index (Phi) is 10.7. The summed E-state index contributed by atoms with van der Waals surface area (Å²) in [4.78, 5) is 4.79. The number of halogens is 1. The molecule has 2 unspecified atom stereocenters. The highest BCUT2D eigenvalue weighted by Crippen LogP contribution is 2.48. The molecule has 0 spiro atoms. The lowest BCUT2D eigenvalue weighted by Gasteiger charge is -2.55. The van der Waals surface area contributed by atoms with Crippen molar-refractivity contribution in [2.75, 3.05) is 19.7 Å². The summed E-state index contributed by atoms with van der Waals surface area (Å²) in [5, 5.41) is 11.3. The highest BCUT2D eigenvalue weighted by molar-refractivity contribution is 14.0. The third-order valence-electron chi connectivity index (χ3n) is 5.78. The van der Waals surface area contributed by atoms with Crippen molar-refractivity contribution >= 4 is 29.9 Å². The molecule has 0 amide bonds. The second-order valence-corrected chi connectivity index (χ2v) is 7.20. The van der Waals surface area contributed by atoms with Gasteiger partial charge in [-0.3, -0.25) is 9.67 Å². The normalized spacial score (nSPS) is 21.3. The van der Waals surface area contributed by atoms with Crippen LogP contribution in [0.4, 0.5) is 0 Å². The fraction of sp³-hybridized carbons (Fsp3) is 0.800. The van der Waals surface area contributed by atoms with E-state index in [0.29, 0.717) is 12.1 Å². The summed E-state index contributed by atoms with van der Waals surface area (Å²) >= 11 is 0. The highest BCUT2D eigenvalue weighted by Gasteiger charge is 2.53. The third kappa shape index (κ3) is 6.07. The van der Waals surface area contributed by atoms with Gasteiger partial charge in [-0.15, -0.1) is 24.0 Å². The number of rotatable bonds is 10. The number of aliphatic imine (C=N–C) groups is 1. The quantitative estimate of drug-likeness (QED) is 0.228. The van der Waals surface area contributed by atoms with Gasteiger partial charge < -0.3 is 15.4 Å². The Labute approximate surface area is 181 Å². The minimum absolute atomic E-state index is 0. The van der Waals surface area contributed by atoms with E-state index in [1.165, 1.54) is 5.56 Å². The number of ether oxygens (including phenoxy) is 1. The van der Waals surface area contributed by atoms with Crippen LogP contribution < -0.4 is 10.6 Å².